The molecule has 1 nitrogen and oxygen atoms in total. The van der Waals surface area contributed by atoms with Crippen LogP contribution in [0.25, 0.3) is 76.7 Å². The van der Waals surface area contributed by atoms with Crippen LogP contribution in [0.4, 0.5) is 0 Å². The van der Waals surface area contributed by atoms with Crippen LogP contribution in [-0.4, -0.2) is 0 Å². The molecule has 0 aliphatic carbocycles. The summed E-state index contributed by atoms with van der Waals surface area (Å²) < 4.78 is 6.20. The van der Waals surface area contributed by atoms with E-state index in [0.29, 0.717) is 0 Å². The molecule has 1 heterocycles. The highest BCUT2D eigenvalue weighted by Gasteiger charge is 2.20. The number of benzene rings is 7. The Bertz CT molecular complexity index is 2110. The van der Waals surface area contributed by atoms with Crippen molar-refractivity contribution in [2.24, 2.45) is 0 Å². The Morgan fingerprint density at radius 1 is 0.359 bits per heavy atom. The molecule has 0 aliphatic rings. The van der Waals surface area contributed by atoms with Crippen molar-refractivity contribution in [1.82, 2.24) is 0 Å². The van der Waals surface area contributed by atoms with Crippen LogP contribution in [-0.2, 0) is 0 Å². The topological polar surface area (TPSA) is 13.1 Å². The van der Waals surface area contributed by atoms with Gasteiger partial charge >= 0.3 is 0 Å². The van der Waals surface area contributed by atoms with E-state index in [4.69, 9.17) is 4.42 Å². The molecule has 0 aliphatic heterocycles. The van der Waals surface area contributed by atoms with Gasteiger partial charge in [-0.3, -0.25) is 0 Å². The lowest BCUT2D eigenvalue weighted by Crippen LogP contribution is -1.92. The maximum Gasteiger partial charge on any atom is 0.135 e. The second-order valence-corrected chi connectivity index (χ2v) is 10.1. The van der Waals surface area contributed by atoms with Gasteiger partial charge in [-0.2, -0.15) is 0 Å². The zero-order chi connectivity index (χ0) is 25.8. The Hall–Kier alpha value is -5.14. The predicted molar refractivity (Wildman–Crippen MR) is 165 cm³/mol. The maximum absolute atomic E-state index is 6.20. The molecule has 39 heavy (non-hydrogen) atoms. The van der Waals surface area contributed by atoms with Gasteiger partial charge in [0.05, 0.1) is 6.26 Å². The molecule has 0 bridgehead atoms. The summed E-state index contributed by atoms with van der Waals surface area (Å²) in [4.78, 5) is 0. The average Bonchev–Trinajstić information content (AvgIpc) is 3.41. The highest BCUT2D eigenvalue weighted by molar-refractivity contribution is 6.24. The molecule has 0 saturated heterocycles. The van der Waals surface area contributed by atoms with Crippen LogP contribution in [0.5, 0.6) is 0 Å². The zero-order valence-electron chi connectivity index (χ0n) is 21.3. The van der Waals surface area contributed by atoms with E-state index in [2.05, 4.69) is 140 Å². The Kier molecular flexibility index (Phi) is 4.89. The van der Waals surface area contributed by atoms with Gasteiger partial charge in [0.15, 0.2) is 0 Å². The van der Waals surface area contributed by atoms with Gasteiger partial charge in [-0.15, -0.1) is 0 Å². The maximum atomic E-state index is 6.20. The molecule has 0 unspecified atom stereocenters. The number of hydrogen-bond acceptors (Lipinski definition) is 1. The first-order valence-electron chi connectivity index (χ1n) is 13.4. The lowest BCUT2D eigenvalue weighted by atomic mass is 9.84. The molecule has 1 aromatic heterocycles. The van der Waals surface area contributed by atoms with Gasteiger partial charge in [-0.05, 0) is 66.7 Å². The summed E-state index contributed by atoms with van der Waals surface area (Å²) in [7, 11) is 0. The van der Waals surface area contributed by atoms with E-state index >= 15 is 0 Å². The Morgan fingerprint density at radius 3 is 1.49 bits per heavy atom. The van der Waals surface area contributed by atoms with Crippen LogP contribution in [0, 0.1) is 0 Å². The Morgan fingerprint density at radius 2 is 0.846 bits per heavy atom. The van der Waals surface area contributed by atoms with Gasteiger partial charge < -0.3 is 4.42 Å². The van der Waals surface area contributed by atoms with E-state index < -0.39 is 0 Å². The molecule has 8 rings (SSSR count). The molecular weight excluding hydrogens is 472 g/mol. The van der Waals surface area contributed by atoms with Gasteiger partial charge in [0.25, 0.3) is 0 Å². The van der Waals surface area contributed by atoms with E-state index in [1.54, 1.807) is 0 Å². The molecule has 0 spiro atoms. The van der Waals surface area contributed by atoms with Gasteiger partial charge in [-0.1, -0.05) is 127 Å². The Labute approximate surface area is 226 Å². The van der Waals surface area contributed by atoms with Crippen molar-refractivity contribution < 1.29 is 4.42 Å². The minimum absolute atomic E-state index is 0.912. The van der Waals surface area contributed by atoms with Gasteiger partial charge in [0, 0.05) is 16.5 Å². The first-order chi connectivity index (χ1) is 19.4. The monoisotopic (exact) mass is 496 g/mol. The number of rotatable bonds is 3. The predicted octanol–water partition coefficient (Wildman–Crippen LogP) is 10.9. The third-order valence-electron chi connectivity index (χ3n) is 7.92. The van der Waals surface area contributed by atoms with Crippen LogP contribution < -0.4 is 0 Å². The van der Waals surface area contributed by atoms with E-state index in [1.165, 1.54) is 60.1 Å². The minimum atomic E-state index is 0.912. The van der Waals surface area contributed by atoms with Gasteiger partial charge in [-0.25, -0.2) is 0 Å². The lowest BCUT2D eigenvalue weighted by molar-refractivity contribution is 0.617. The second kappa shape index (κ2) is 8.72. The quantitative estimate of drug-likeness (QED) is 0.222. The van der Waals surface area contributed by atoms with Crippen molar-refractivity contribution in [3.05, 3.63) is 146 Å². The lowest BCUT2D eigenvalue weighted by Gasteiger charge is -2.19. The second-order valence-electron chi connectivity index (χ2n) is 10.1. The molecule has 8 aromatic rings. The number of furan rings is 1. The smallest absolute Gasteiger partial charge is 0.135 e. The number of fused-ring (bicyclic) bond motifs is 4. The first-order valence-corrected chi connectivity index (χ1v) is 13.4. The van der Waals surface area contributed by atoms with E-state index in [-0.39, 0.29) is 0 Å². The standard InChI is InChI=1S/C38H24O/c1-2-12-25(13-3-1)28-16-6-7-17-29(28)37-30-18-8-10-20-32(30)38(33-21-11-9-19-31(33)37)35-24-39-36-23-27-15-5-4-14-26(27)22-34(35)36/h1-24H. The third-order valence-corrected chi connectivity index (χ3v) is 7.92. The third kappa shape index (κ3) is 3.41. The van der Waals surface area contributed by atoms with Crippen molar-refractivity contribution in [2.75, 3.05) is 0 Å². The summed E-state index contributed by atoms with van der Waals surface area (Å²) in [6.45, 7) is 0. The van der Waals surface area contributed by atoms with Gasteiger partial charge in [0.2, 0.25) is 0 Å². The van der Waals surface area contributed by atoms with E-state index in [0.717, 1.165) is 16.5 Å². The molecule has 0 atom stereocenters. The number of hydrogen-bond donors (Lipinski definition) is 0. The molecule has 1 heteroatoms. The van der Waals surface area contributed by atoms with Crippen molar-refractivity contribution in [2.45, 2.75) is 0 Å². The average molecular weight is 497 g/mol. The highest BCUT2D eigenvalue weighted by atomic mass is 16.3. The summed E-state index contributed by atoms with van der Waals surface area (Å²) in [5.74, 6) is 0. The van der Waals surface area contributed by atoms with Crippen LogP contribution in [0.15, 0.2) is 150 Å². The van der Waals surface area contributed by atoms with Crippen molar-refractivity contribution >= 4 is 43.3 Å². The van der Waals surface area contributed by atoms with Crippen molar-refractivity contribution in [3.8, 4) is 33.4 Å². The highest BCUT2D eigenvalue weighted by Crippen LogP contribution is 2.47. The summed E-state index contributed by atoms with van der Waals surface area (Å²) in [6.07, 6.45) is 1.94. The molecule has 0 fully saturated rings. The molecular formula is C38H24O. The largest absolute Gasteiger partial charge is 0.464 e. The summed E-state index contributed by atoms with van der Waals surface area (Å²) in [5.41, 5.74) is 8.23. The van der Waals surface area contributed by atoms with Crippen LogP contribution in [0.1, 0.15) is 0 Å². The minimum Gasteiger partial charge on any atom is -0.464 e. The normalized spacial score (nSPS) is 11.6. The molecule has 0 amide bonds. The molecule has 7 aromatic carbocycles. The van der Waals surface area contributed by atoms with Crippen molar-refractivity contribution in [3.63, 3.8) is 0 Å². The molecule has 0 radical (unpaired) electrons. The van der Waals surface area contributed by atoms with E-state index in [9.17, 15) is 0 Å². The molecule has 0 N–H and O–H groups in total. The molecule has 182 valence electrons. The fraction of sp³-hybridized carbons (Fsp3) is 0. The SMILES string of the molecule is c1ccc(-c2ccccc2-c2c3ccccc3c(-c3coc4cc5ccccc5cc34)c3ccccc23)cc1. The molecule has 0 saturated carbocycles. The van der Waals surface area contributed by atoms with Crippen LogP contribution in [0.3, 0.4) is 0 Å². The van der Waals surface area contributed by atoms with Crippen LogP contribution >= 0.6 is 0 Å². The van der Waals surface area contributed by atoms with E-state index in [1.807, 2.05) is 6.26 Å². The summed E-state index contributed by atoms with van der Waals surface area (Å²) in [6, 6.07) is 50.0. The summed E-state index contributed by atoms with van der Waals surface area (Å²) in [5, 5.41) is 8.48. The Balaban J connectivity index is 1.50. The summed E-state index contributed by atoms with van der Waals surface area (Å²) >= 11 is 0. The van der Waals surface area contributed by atoms with Crippen LogP contribution in [0.2, 0.25) is 0 Å². The zero-order valence-corrected chi connectivity index (χ0v) is 21.3. The van der Waals surface area contributed by atoms with Crippen molar-refractivity contribution in [1.29, 1.82) is 0 Å². The first kappa shape index (κ1) is 21.9. The fourth-order valence-corrected chi connectivity index (χ4v) is 6.19. The fourth-order valence-electron chi connectivity index (χ4n) is 6.19. The van der Waals surface area contributed by atoms with Gasteiger partial charge in [0.1, 0.15) is 5.58 Å².